The molecule has 0 bridgehead atoms. The lowest BCUT2D eigenvalue weighted by Gasteiger charge is -2.15. The maximum Gasteiger partial charge on any atom is 0.335 e. The average Bonchev–Trinajstić information content (AvgIpc) is 2.55. The first kappa shape index (κ1) is 17.0. The Bertz CT molecular complexity index is 746. The van der Waals surface area contributed by atoms with Crippen LogP contribution in [-0.2, 0) is 11.2 Å². The summed E-state index contributed by atoms with van der Waals surface area (Å²) in [6, 6.07) is 12.8. The lowest BCUT2D eigenvalue weighted by Crippen LogP contribution is -2.44. The molecular formula is C17H16N2O5. The largest absolute Gasteiger partial charge is 0.480 e. The minimum atomic E-state index is -1.16. The van der Waals surface area contributed by atoms with Crippen LogP contribution in [0.2, 0.25) is 0 Å². The van der Waals surface area contributed by atoms with Crippen molar-refractivity contribution in [1.29, 1.82) is 0 Å². The zero-order valence-corrected chi connectivity index (χ0v) is 12.6. The highest BCUT2D eigenvalue weighted by molar-refractivity contribution is 5.94. The van der Waals surface area contributed by atoms with Gasteiger partial charge in [0.05, 0.1) is 5.56 Å². The van der Waals surface area contributed by atoms with E-state index in [1.807, 2.05) is 6.07 Å². The molecule has 0 saturated heterocycles. The average molecular weight is 328 g/mol. The van der Waals surface area contributed by atoms with Crippen molar-refractivity contribution >= 4 is 23.7 Å². The van der Waals surface area contributed by atoms with Gasteiger partial charge >= 0.3 is 18.0 Å². The minimum Gasteiger partial charge on any atom is -0.480 e. The molecule has 4 N–H and O–H groups in total. The molecule has 0 aliphatic rings. The Hall–Kier alpha value is -3.35. The van der Waals surface area contributed by atoms with Crippen LogP contribution in [0.5, 0.6) is 0 Å². The SMILES string of the molecule is O=C(Nc1cccc(C(=O)O)c1)NC(Cc1ccccc1)C(=O)O. The van der Waals surface area contributed by atoms with Crippen LogP contribution >= 0.6 is 0 Å². The van der Waals surface area contributed by atoms with E-state index in [-0.39, 0.29) is 17.7 Å². The van der Waals surface area contributed by atoms with Crippen LogP contribution in [0.4, 0.5) is 10.5 Å². The number of carboxylic acids is 2. The molecule has 0 heterocycles. The number of anilines is 1. The molecule has 0 aromatic heterocycles. The Labute approximate surface area is 137 Å². The predicted octanol–water partition coefficient (Wildman–Crippen LogP) is 2.20. The predicted molar refractivity (Wildman–Crippen MR) is 87.1 cm³/mol. The van der Waals surface area contributed by atoms with Gasteiger partial charge in [-0.05, 0) is 23.8 Å². The highest BCUT2D eigenvalue weighted by Gasteiger charge is 2.20. The van der Waals surface area contributed by atoms with Crippen LogP contribution in [-0.4, -0.2) is 34.2 Å². The highest BCUT2D eigenvalue weighted by Crippen LogP contribution is 2.11. The van der Waals surface area contributed by atoms with Gasteiger partial charge in [0.2, 0.25) is 0 Å². The maximum atomic E-state index is 12.0. The molecule has 124 valence electrons. The van der Waals surface area contributed by atoms with Crippen molar-refractivity contribution in [3.8, 4) is 0 Å². The summed E-state index contributed by atoms with van der Waals surface area (Å²) in [5.74, 6) is -2.28. The van der Waals surface area contributed by atoms with Crippen molar-refractivity contribution in [3.05, 3.63) is 65.7 Å². The summed E-state index contributed by atoms with van der Waals surface area (Å²) in [6.45, 7) is 0. The number of hydrogen-bond acceptors (Lipinski definition) is 3. The van der Waals surface area contributed by atoms with Crippen molar-refractivity contribution in [2.24, 2.45) is 0 Å². The van der Waals surface area contributed by atoms with Crippen LogP contribution in [0.3, 0.4) is 0 Å². The van der Waals surface area contributed by atoms with E-state index in [0.29, 0.717) is 0 Å². The third-order valence-electron chi connectivity index (χ3n) is 3.25. The lowest BCUT2D eigenvalue weighted by atomic mass is 10.1. The maximum absolute atomic E-state index is 12.0. The number of benzene rings is 2. The molecule has 2 aromatic carbocycles. The monoisotopic (exact) mass is 328 g/mol. The molecule has 1 atom stereocenters. The molecule has 2 rings (SSSR count). The van der Waals surface area contributed by atoms with E-state index >= 15 is 0 Å². The molecule has 7 heteroatoms. The summed E-state index contributed by atoms with van der Waals surface area (Å²) in [7, 11) is 0. The fraction of sp³-hybridized carbons (Fsp3) is 0.118. The fourth-order valence-electron chi connectivity index (χ4n) is 2.11. The quantitative estimate of drug-likeness (QED) is 0.649. The van der Waals surface area contributed by atoms with E-state index in [9.17, 15) is 19.5 Å². The number of hydrogen-bond donors (Lipinski definition) is 4. The molecule has 0 saturated carbocycles. The smallest absolute Gasteiger partial charge is 0.335 e. The number of nitrogens with one attached hydrogen (secondary N) is 2. The molecule has 24 heavy (non-hydrogen) atoms. The highest BCUT2D eigenvalue weighted by atomic mass is 16.4. The van der Waals surface area contributed by atoms with Crippen LogP contribution in [0.25, 0.3) is 0 Å². The van der Waals surface area contributed by atoms with Crippen LogP contribution in [0.15, 0.2) is 54.6 Å². The number of aliphatic carboxylic acids is 1. The second-order valence-corrected chi connectivity index (χ2v) is 5.06. The van der Waals surface area contributed by atoms with Crippen LogP contribution in [0, 0.1) is 0 Å². The van der Waals surface area contributed by atoms with E-state index in [0.717, 1.165) is 5.56 Å². The third kappa shape index (κ3) is 4.84. The molecule has 0 aliphatic carbocycles. The minimum absolute atomic E-state index is 0.0203. The number of amides is 2. The standard InChI is InChI=1S/C17H16N2O5/c20-15(21)12-7-4-8-13(10-12)18-17(24)19-14(16(22)23)9-11-5-2-1-3-6-11/h1-8,10,14H,9H2,(H,20,21)(H,22,23)(H2,18,19,24). The van der Waals surface area contributed by atoms with Gasteiger partial charge in [0, 0.05) is 12.1 Å². The Morgan fingerprint density at radius 3 is 2.29 bits per heavy atom. The normalized spacial score (nSPS) is 11.3. The Morgan fingerprint density at radius 2 is 1.67 bits per heavy atom. The number of carbonyl (C=O) groups is 3. The van der Waals surface area contributed by atoms with Crippen LogP contribution in [0.1, 0.15) is 15.9 Å². The van der Waals surface area contributed by atoms with Gasteiger partial charge < -0.3 is 20.8 Å². The van der Waals surface area contributed by atoms with E-state index in [1.165, 1.54) is 24.3 Å². The lowest BCUT2D eigenvalue weighted by molar-refractivity contribution is -0.139. The van der Waals surface area contributed by atoms with Gasteiger partial charge in [0.25, 0.3) is 0 Å². The fourth-order valence-corrected chi connectivity index (χ4v) is 2.11. The van der Waals surface area contributed by atoms with Gasteiger partial charge in [-0.2, -0.15) is 0 Å². The zero-order valence-electron chi connectivity index (χ0n) is 12.6. The summed E-state index contributed by atoms with van der Waals surface area (Å²) in [6.07, 6.45) is 0.138. The number of urea groups is 1. The topological polar surface area (TPSA) is 116 Å². The van der Waals surface area contributed by atoms with Crippen LogP contribution < -0.4 is 10.6 Å². The number of aromatic carboxylic acids is 1. The molecule has 0 spiro atoms. The van der Waals surface area contributed by atoms with Gasteiger partial charge in [-0.3, -0.25) is 0 Å². The van der Waals surface area contributed by atoms with Gasteiger partial charge in [-0.1, -0.05) is 36.4 Å². The van der Waals surface area contributed by atoms with Crippen molar-refractivity contribution in [3.63, 3.8) is 0 Å². The molecule has 0 fully saturated rings. The summed E-state index contributed by atoms with van der Waals surface area (Å²) in [4.78, 5) is 34.2. The molecule has 0 radical (unpaired) electrons. The molecular weight excluding hydrogens is 312 g/mol. The summed E-state index contributed by atoms with van der Waals surface area (Å²) >= 11 is 0. The molecule has 2 amide bonds. The van der Waals surface area contributed by atoms with Crippen molar-refractivity contribution in [2.75, 3.05) is 5.32 Å². The second kappa shape index (κ2) is 7.77. The number of rotatable bonds is 6. The van der Waals surface area contributed by atoms with Gasteiger partial charge in [-0.15, -0.1) is 0 Å². The summed E-state index contributed by atoms with van der Waals surface area (Å²) < 4.78 is 0. The van der Waals surface area contributed by atoms with Crippen molar-refractivity contribution in [2.45, 2.75) is 12.5 Å². The molecule has 0 aliphatic heterocycles. The number of carboxylic acid groups (broad SMARTS) is 2. The first-order valence-electron chi connectivity index (χ1n) is 7.13. The van der Waals surface area contributed by atoms with Crippen molar-refractivity contribution < 1.29 is 24.6 Å². The summed E-state index contributed by atoms with van der Waals surface area (Å²) in [5.41, 5.74) is 1.06. The Morgan fingerprint density at radius 1 is 0.958 bits per heavy atom. The van der Waals surface area contributed by atoms with Crippen molar-refractivity contribution in [1.82, 2.24) is 5.32 Å². The van der Waals surface area contributed by atoms with E-state index in [2.05, 4.69) is 10.6 Å². The first-order chi connectivity index (χ1) is 11.5. The Balaban J connectivity index is 2.02. The molecule has 2 aromatic rings. The van der Waals surface area contributed by atoms with Gasteiger partial charge in [-0.25, -0.2) is 14.4 Å². The third-order valence-corrected chi connectivity index (χ3v) is 3.25. The molecule has 7 nitrogen and oxygen atoms in total. The number of carbonyl (C=O) groups excluding carboxylic acids is 1. The van der Waals surface area contributed by atoms with Gasteiger partial charge in [0.15, 0.2) is 0 Å². The van der Waals surface area contributed by atoms with E-state index < -0.39 is 24.0 Å². The van der Waals surface area contributed by atoms with Gasteiger partial charge in [0.1, 0.15) is 6.04 Å². The zero-order chi connectivity index (χ0) is 17.5. The first-order valence-corrected chi connectivity index (χ1v) is 7.13. The summed E-state index contributed by atoms with van der Waals surface area (Å²) in [5, 5.41) is 23.0. The Kier molecular flexibility index (Phi) is 5.51. The van der Waals surface area contributed by atoms with E-state index in [1.54, 1.807) is 24.3 Å². The molecule has 1 unspecified atom stereocenters. The second-order valence-electron chi connectivity index (χ2n) is 5.06. The van der Waals surface area contributed by atoms with E-state index in [4.69, 9.17) is 5.11 Å².